The highest BCUT2D eigenvalue weighted by Gasteiger charge is 2.33. The SMILES string of the molecule is Cc1ccc(NC(=O)N2CC(n3cnnc3-c3ccccc3)C2)cc1C. The van der Waals surface area contributed by atoms with Gasteiger partial charge in [0.15, 0.2) is 5.82 Å². The molecule has 2 amide bonds. The Morgan fingerprint density at radius 1 is 1.08 bits per heavy atom. The van der Waals surface area contributed by atoms with Gasteiger partial charge in [-0.2, -0.15) is 0 Å². The Bertz CT molecular complexity index is 928. The van der Waals surface area contributed by atoms with Crippen LogP contribution in [-0.2, 0) is 0 Å². The molecule has 1 N–H and O–H groups in total. The number of aryl methyl sites for hydroxylation is 2. The van der Waals surface area contributed by atoms with Gasteiger partial charge in [0, 0.05) is 24.3 Å². The summed E-state index contributed by atoms with van der Waals surface area (Å²) in [6.07, 6.45) is 1.74. The van der Waals surface area contributed by atoms with Gasteiger partial charge in [0.2, 0.25) is 0 Å². The van der Waals surface area contributed by atoms with Gasteiger partial charge in [-0.25, -0.2) is 4.79 Å². The average Bonchev–Trinajstić information content (AvgIpc) is 3.07. The zero-order valence-electron chi connectivity index (χ0n) is 14.9. The summed E-state index contributed by atoms with van der Waals surface area (Å²) in [5.74, 6) is 0.838. The van der Waals surface area contributed by atoms with Crippen molar-refractivity contribution < 1.29 is 4.79 Å². The topological polar surface area (TPSA) is 63.1 Å². The number of hydrogen-bond donors (Lipinski definition) is 1. The van der Waals surface area contributed by atoms with Gasteiger partial charge in [-0.1, -0.05) is 36.4 Å². The van der Waals surface area contributed by atoms with Crippen LogP contribution in [0.2, 0.25) is 0 Å². The number of rotatable bonds is 3. The number of anilines is 1. The van der Waals surface area contributed by atoms with Gasteiger partial charge >= 0.3 is 6.03 Å². The molecule has 0 bridgehead atoms. The normalized spacial score (nSPS) is 14.2. The van der Waals surface area contributed by atoms with E-state index in [-0.39, 0.29) is 12.1 Å². The molecule has 0 atom stereocenters. The minimum Gasteiger partial charge on any atom is -0.320 e. The highest BCUT2D eigenvalue weighted by Crippen LogP contribution is 2.27. The van der Waals surface area contributed by atoms with Crippen LogP contribution in [0.3, 0.4) is 0 Å². The number of carbonyl (C=O) groups is 1. The van der Waals surface area contributed by atoms with Crippen molar-refractivity contribution in [2.45, 2.75) is 19.9 Å². The molecule has 0 saturated carbocycles. The van der Waals surface area contributed by atoms with E-state index in [1.807, 2.05) is 55.5 Å². The largest absolute Gasteiger partial charge is 0.321 e. The summed E-state index contributed by atoms with van der Waals surface area (Å²) in [5, 5.41) is 11.3. The van der Waals surface area contributed by atoms with Crippen molar-refractivity contribution in [3.8, 4) is 11.4 Å². The zero-order valence-corrected chi connectivity index (χ0v) is 14.9. The van der Waals surface area contributed by atoms with E-state index >= 15 is 0 Å². The first-order chi connectivity index (χ1) is 12.6. The van der Waals surface area contributed by atoms with Crippen molar-refractivity contribution in [3.63, 3.8) is 0 Å². The summed E-state index contributed by atoms with van der Waals surface area (Å²) in [4.78, 5) is 14.2. The number of nitrogens with zero attached hydrogens (tertiary/aromatic N) is 4. The summed E-state index contributed by atoms with van der Waals surface area (Å²) >= 11 is 0. The monoisotopic (exact) mass is 347 g/mol. The molecule has 1 fully saturated rings. The lowest BCUT2D eigenvalue weighted by Gasteiger charge is -2.40. The van der Waals surface area contributed by atoms with Crippen LogP contribution in [-0.4, -0.2) is 38.8 Å². The minimum absolute atomic E-state index is 0.0705. The number of urea groups is 1. The first-order valence-corrected chi connectivity index (χ1v) is 8.70. The highest BCUT2D eigenvalue weighted by molar-refractivity contribution is 5.90. The summed E-state index contributed by atoms with van der Waals surface area (Å²) in [7, 11) is 0. The van der Waals surface area contributed by atoms with Crippen LogP contribution >= 0.6 is 0 Å². The molecule has 1 aromatic heterocycles. The Morgan fingerprint density at radius 3 is 2.58 bits per heavy atom. The Balaban J connectivity index is 1.41. The van der Waals surface area contributed by atoms with E-state index in [1.54, 1.807) is 11.2 Å². The molecule has 1 aliphatic heterocycles. The number of hydrogen-bond acceptors (Lipinski definition) is 3. The van der Waals surface area contributed by atoms with Crippen molar-refractivity contribution in [3.05, 3.63) is 66.0 Å². The number of nitrogens with one attached hydrogen (secondary N) is 1. The van der Waals surface area contributed by atoms with E-state index in [4.69, 9.17) is 0 Å². The van der Waals surface area contributed by atoms with E-state index in [0.29, 0.717) is 13.1 Å². The standard InChI is InChI=1S/C20H21N5O/c1-14-8-9-17(10-15(14)2)22-20(26)24-11-18(12-24)25-13-21-23-19(25)16-6-4-3-5-7-16/h3-10,13,18H,11-12H2,1-2H3,(H,22,26). The number of aromatic nitrogens is 3. The Labute approximate surface area is 152 Å². The Morgan fingerprint density at radius 2 is 1.85 bits per heavy atom. The van der Waals surface area contributed by atoms with Crippen molar-refractivity contribution in [2.75, 3.05) is 18.4 Å². The minimum atomic E-state index is -0.0705. The summed E-state index contributed by atoms with van der Waals surface area (Å²) in [6, 6.07) is 16.1. The van der Waals surface area contributed by atoms with Crippen molar-refractivity contribution in [1.29, 1.82) is 0 Å². The van der Waals surface area contributed by atoms with Gasteiger partial charge in [0.25, 0.3) is 0 Å². The third-order valence-corrected chi connectivity index (χ3v) is 4.91. The van der Waals surface area contributed by atoms with Crippen LogP contribution in [0.25, 0.3) is 11.4 Å². The van der Waals surface area contributed by atoms with Crippen molar-refractivity contribution in [1.82, 2.24) is 19.7 Å². The summed E-state index contributed by atoms with van der Waals surface area (Å²) < 4.78 is 2.05. The van der Waals surface area contributed by atoms with Crippen LogP contribution in [0.15, 0.2) is 54.9 Å². The van der Waals surface area contributed by atoms with Gasteiger partial charge in [0.05, 0.1) is 6.04 Å². The lowest BCUT2D eigenvalue weighted by Crippen LogP contribution is -2.52. The molecule has 4 rings (SSSR count). The predicted octanol–water partition coefficient (Wildman–Crippen LogP) is 3.65. The Hall–Kier alpha value is -3.15. The van der Waals surface area contributed by atoms with Gasteiger partial charge in [-0.05, 0) is 37.1 Å². The first kappa shape index (κ1) is 16.3. The fourth-order valence-corrected chi connectivity index (χ4v) is 3.12. The van der Waals surface area contributed by atoms with E-state index in [9.17, 15) is 4.79 Å². The number of benzene rings is 2. The van der Waals surface area contributed by atoms with Gasteiger partial charge < -0.3 is 14.8 Å². The molecule has 1 saturated heterocycles. The molecule has 6 nitrogen and oxygen atoms in total. The molecule has 132 valence electrons. The molecular weight excluding hydrogens is 326 g/mol. The highest BCUT2D eigenvalue weighted by atomic mass is 16.2. The first-order valence-electron chi connectivity index (χ1n) is 8.70. The quantitative estimate of drug-likeness (QED) is 0.786. The molecule has 0 spiro atoms. The molecule has 0 unspecified atom stereocenters. The lowest BCUT2D eigenvalue weighted by molar-refractivity contribution is 0.136. The molecule has 0 radical (unpaired) electrons. The van der Waals surface area contributed by atoms with Gasteiger partial charge in [-0.15, -0.1) is 10.2 Å². The molecule has 3 aromatic rings. The van der Waals surface area contributed by atoms with E-state index in [0.717, 1.165) is 17.1 Å². The second-order valence-corrected chi connectivity index (χ2v) is 6.72. The maximum Gasteiger partial charge on any atom is 0.321 e. The molecule has 2 heterocycles. The maximum atomic E-state index is 12.4. The van der Waals surface area contributed by atoms with Gasteiger partial charge in [-0.3, -0.25) is 0 Å². The Kier molecular flexibility index (Phi) is 4.16. The fourth-order valence-electron chi connectivity index (χ4n) is 3.12. The molecule has 26 heavy (non-hydrogen) atoms. The van der Waals surface area contributed by atoms with Crippen molar-refractivity contribution >= 4 is 11.7 Å². The second-order valence-electron chi connectivity index (χ2n) is 6.72. The fraction of sp³-hybridized carbons (Fsp3) is 0.250. The molecular formula is C20H21N5O. The summed E-state index contributed by atoms with van der Waals surface area (Å²) in [6.45, 7) is 5.40. The predicted molar refractivity (Wildman–Crippen MR) is 101 cm³/mol. The molecule has 6 heteroatoms. The number of carbonyl (C=O) groups excluding carboxylic acids is 1. The number of likely N-dealkylation sites (tertiary alicyclic amines) is 1. The van der Waals surface area contributed by atoms with E-state index < -0.39 is 0 Å². The average molecular weight is 347 g/mol. The van der Waals surface area contributed by atoms with Crippen LogP contribution in [0.4, 0.5) is 10.5 Å². The van der Waals surface area contributed by atoms with Crippen LogP contribution in [0, 0.1) is 13.8 Å². The zero-order chi connectivity index (χ0) is 18.1. The van der Waals surface area contributed by atoms with E-state index in [1.165, 1.54) is 11.1 Å². The third kappa shape index (κ3) is 3.06. The second kappa shape index (κ2) is 6.63. The van der Waals surface area contributed by atoms with Crippen LogP contribution < -0.4 is 5.32 Å². The molecule has 2 aromatic carbocycles. The lowest BCUT2D eigenvalue weighted by atomic mass is 10.1. The van der Waals surface area contributed by atoms with Crippen LogP contribution in [0.1, 0.15) is 17.2 Å². The van der Waals surface area contributed by atoms with Crippen LogP contribution in [0.5, 0.6) is 0 Å². The maximum absolute atomic E-state index is 12.4. The third-order valence-electron chi connectivity index (χ3n) is 4.91. The molecule has 0 aliphatic carbocycles. The molecule has 1 aliphatic rings. The van der Waals surface area contributed by atoms with Gasteiger partial charge in [0.1, 0.15) is 6.33 Å². The summed E-state index contributed by atoms with van der Waals surface area (Å²) in [5.41, 5.74) is 4.24. The van der Waals surface area contributed by atoms with E-state index in [2.05, 4.69) is 27.0 Å². The van der Waals surface area contributed by atoms with Crippen molar-refractivity contribution in [2.24, 2.45) is 0 Å². The smallest absolute Gasteiger partial charge is 0.320 e. The number of amides is 2.